The van der Waals surface area contributed by atoms with Gasteiger partial charge in [-0.05, 0) is 18.2 Å². The molecule has 0 radical (unpaired) electrons. The fraction of sp³-hybridized carbons (Fsp3) is 0.250. The molecule has 32 heavy (non-hydrogen) atoms. The molecule has 3 rings (SSSR count). The third-order valence-electron chi connectivity index (χ3n) is 4.16. The number of imide groups is 1. The minimum absolute atomic E-state index is 0.0654. The van der Waals surface area contributed by atoms with Crippen LogP contribution in [-0.2, 0) is 14.3 Å². The summed E-state index contributed by atoms with van der Waals surface area (Å²) in [6.45, 7) is 0.245. The van der Waals surface area contributed by atoms with Crippen molar-refractivity contribution in [3.8, 4) is 11.5 Å². The highest BCUT2D eigenvalue weighted by Crippen LogP contribution is 2.32. The van der Waals surface area contributed by atoms with Crippen molar-refractivity contribution in [2.45, 2.75) is 6.42 Å². The van der Waals surface area contributed by atoms with Crippen LogP contribution in [0.2, 0.25) is 0 Å². The lowest BCUT2D eigenvalue weighted by atomic mass is 10.2. The number of amides is 3. The number of carbonyl (C=O) groups excluding carboxylic acids is 3. The summed E-state index contributed by atoms with van der Waals surface area (Å²) in [5, 5.41) is 18.2. The molecule has 1 aliphatic rings. The second-order valence-electron chi connectivity index (χ2n) is 6.47. The molecule has 0 bridgehead atoms. The average molecular weight is 444 g/mol. The van der Waals surface area contributed by atoms with Gasteiger partial charge in [0.15, 0.2) is 18.1 Å². The van der Waals surface area contributed by atoms with E-state index >= 15 is 0 Å². The Kier molecular flexibility index (Phi) is 7.41. The van der Waals surface area contributed by atoms with E-state index in [0.29, 0.717) is 30.4 Å². The molecule has 12 heteroatoms. The summed E-state index contributed by atoms with van der Waals surface area (Å²) in [4.78, 5) is 45.9. The van der Waals surface area contributed by atoms with Crippen molar-refractivity contribution in [1.29, 1.82) is 0 Å². The van der Waals surface area contributed by atoms with Crippen LogP contribution in [0.15, 0.2) is 42.5 Å². The molecular weight excluding hydrogens is 424 g/mol. The Hall–Kier alpha value is -4.35. The first kappa shape index (κ1) is 22.3. The minimum Gasteiger partial charge on any atom is -0.486 e. The molecule has 0 aromatic heterocycles. The molecule has 0 saturated carbocycles. The molecule has 0 spiro atoms. The number of benzene rings is 2. The molecule has 12 nitrogen and oxygen atoms in total. The van der Waals surface area contributed by atoms with Crippen LogP contribution in [0.1, 0.15) is 6.42 Å². The number of nitro benzene ring substituents is 1. The number of carbonyl (C=O) groups is 3. The highest BCUT2D eigenvalue weighted by Gasteiger charge is 2.15. The van der Waals surface area contributed by atoms with Gasteiger partial charge >= 0.3 is 12.0 Å². The summed E-state index contributed by atoms with van der Waals surface area (Å²) in [6.07, 6.45) is -0.136. The summed E-state index contributed by atoms with van der Waals surface area (Å²) in [6, 6.07) is 9.96. The fourth-order valence-electron chi connectivity index (χ4n) is 2.75. The second kappa shape index (κ2) is 10.6. The van der Waals surface area contributed by atoms with E-state index in [1.807, 2.05) is 5.32 Å². The third-order valence-corrected chi connectivity index (χ3v) is 4.16. The van der Waals surface area contributed by atoms with Crippen molar-refractivity contribution in [1.82, 2.24) is 5.32 Å². The van der Waals surface area contributed by atoms with Gasteiger partial charge in [0.2, 0.25) is 0 Å². The van der Waals surface area contributed by atoms with Crippen LogP contribution in [0.25, 0.3) is 0 Å². The monoisotopic (exact) mass is 444 g/mol. The molecule has 0 fully saturated rings. The lowest BCUT2D eigenvalue weighted by Gasteiger charge is -2.19. The van der Waals surface area contributed by atoms with Crippen LogP contribution in [0.3, 0.4) is 0 Å². The van der Waals surface area contributed by atoms with E-state index in [1.54, 1.807) is 24.3 Å². The molecule has 2 aromatic rings. The van der Waals surface area contributed by atoms with Crippen molar-refractivity contribution < 1.29 is 33.5 Å². The number of ether oxygens (including phenoxy) is 3. The second-order valence-corrected chi connectivity index (χ2v) is 6.47. The molecule has 0 aliphatic carbocycles. The Morgan fingerprint density at radius 3 is 2.59 bits per heavy atom. The van der Waals surface area contributed by atoms with E-state index < -0.39 is 29.4 Å². The van der Waals surface area contributed by atoms with Crippen LogP contribution in [0.4, 0.5) is 21.9 Å². The van der Waals surface area contributed by atoms with E-state index in [2.05, 4.69) is 10.6 Å². The number of esters is 1. The predicted octanol–water partition coefficient (Wildman–Crippen LogP) is 2.06. The van der Waals surface area contributed by atoms with Gasteiger partial charge in [-0.3, -0.25) is 25.0 Å². The summed E-state index contributed by atoms with van der Waals surface area (Å²) in [7, 11) is 0. The maximum atomic E-state index is 11.9. The summed E-state index contributed by atoms with van der Waals surface area (Å²) >= 11 is 0. The van der Waals surface area contributed by atoms with Gasteiger partial charge in [-0.15, -0.1) is 0 Å². The smallest absolute Gasteiger partial charge is 0.325 e. The molecule has 168 valence electrons. The number of anilines is 2. The molecule has 1 aliphatic heterocycles. The van der Waals surface area contributed by atoms with Crippen molar-refractivity contribution in [3.05, 3.63) is 52.6 Å². The lowest BCUT2D eigenvalue weighted by Crippen LogP contribution is -2.37. The van der Waals surface area contributed by atoms with Gasteiger partial charge < -0.3 is 24.8 Å². The van der Waals surface area contributed by atoms with Crippen molar-refractivity contribution in [3.63, 3.8) is 0 Å². The Labute approximate surface area is 182 Å². The Bertz CT molecular complexity index is 1030. The highest BCUT2D eigenvalue weighted by atomic mass is 16.6. The van der Waals surface area contributed by atoms with Gasteiger partial charge in [0.05, 0.1) is 11.3 Å². The molecule has 3 N–H and O–H groups in total. The van der Waals surface area contributed by atoms with Crippen LogP contribution >= 0.6 is 0 Å². The number of nitrogens with zero attached hydrogens (tertiary/aromatic N) is 1. The first-order valence-corrected chi connectivity index (χ1v) is 9.56. The molecule has 0 atom stereocenters. The zero-order valence-corrected chi connectivity index (χ0v) is 16.8. The number of fused-ring (bicyclic) bond motifs is 1. The summed E-state index contributed by atoms with van der Waals surface area (Å²) in [5.74, 6) is -0.496. The van der Waals surface area contributed by atoms with Gasteiger partial charge in [0.1, 0.15) is 18.9 Å². The Balaban J connectivity index is 1.36. The molecule has 3 amide bonds. The lowest BCUT2D eigenvalue weighted by molar-refractivity contribution is -0.384. The Morgan fingerprint density at radius 1 is 1.06 bits per heavy atom. The van der Waals surface area contributed by atoms with Gasteiger partial charge in [-0.1, -0.05) is 12.1 Å². The first-order valence-electron chi connectivity index (χ1n) is 9.56. The predicted molar refractivity (Wildman–Crippen MR) is 112 cm³/mol. The third kappa shape index (κ3) is 6.32. The maximum Gasteiger partial charge on any atom is 0.325 e. The average Bonchev–Trinajstić information content (AvgIpc) is 2.77. The van der Waals surface area contributed by atoms with Gasteiger partial charge in [0.25, 0.3) is 11.6 Å². The first-order chi connectivity index (χ1) is 15.4. The minimum atomic E-state index is -0.819. The van der Waals surface area contributed by atoms with Gasteiger partial charge in [-0.25, -0.2) is 4.79 Å². The van der Waals surface area contributed by atoms with Crippen LogP contribution in [0, 0.1) is 10.1 Å². The fourth-order valence-corrected chi connectivity index (χ4v) is 2.75. The van der Waals surface area contributed by atoms with E-state index in [1.165, 1.54) is 18.2 Å². The number of nitro groups is 1. The largest absolute Gasteiger partial charge is 0.486 e. The van der Waals surface area contributed by atoms with Crippen LogP contribution in [0.5, 0.6) is 11.5 Å². The molecule has 2 aromatic carbocycles. The molecule has 1 heterocycles. The van der Waals surface area contributed by atoms with Crippen molar-refractivity contribution >= 4 is 35.0 Å². The van der Waals surface area contributed by atoms with E-state index in [-0.39, 0.29) is 24.3 Å². The molecule has 0 saturated heterocycles. The number of urea groups is 1. The van der Waals surface area contributed by atoms with Gasteiger partial charge in [-0.2, -0.15) is 0 Å². The van der Waals surface area contributed by atoms with E-state index in [4.69, 9.17) is 14.2 Å². The Morgan fingerprint density at radius 2 is 1.81 bits per heavy atom. The number of rotatable bonds is 8. The van der Waals surface area contributed by atoms with Crippen molar-refractivity contribution in [2.24, 2.45) is 0 Å². The number of hydrogen-bond acceptors (Lipinski definition) is 9. The topological polar surface area (TPSA) is 158 Å². The SMILES string of the molecule is O=C(COC(=O)CCNc1ccccc1[N+](=O)[O-])NC(=O)Nc1ccc2c(c1)OCCO2. The maximum absolute atomic E-state index is 11.9. The standard InChI is InChI=1S/C20H20N4O8/c25-18(23-20(27)22-13-5-6-16-17(11-13)31-10-9-30-16)12-32-19(26)7-8-21-14-3-1-2-4-15(14)24(28)29/h1-6,11,21H,7-10,12H2,(H2,22,23,25,27). The van der Waals surface area contributed by atoms with Crippen molar-refractivity contribution in [2.75, 3.05) is 37.0 Å². The highest BCUT2D eigenvalue weighted by molar-refractivity contribution is 6.02. The van der Waals surface area contributed by atoms with Crippen LogP contribution < -0.4 is 25.4 Å². The summed E-state index contributed by atoms with van der Waals surface area (Å²) in [5.41, 5.74) is 0.528. The zero-order valence-electron chi connectivity index (χ0n) is 16.8. The molecule has 0 unspecified atom stereocenters. The van der Waals surface area contributed by atoms with Gasteiger partial charge in [0, 0.05) is 24.4 Å². The number of nitrogens with one attached hydrogen (secondary N) is 3. The molecular formula is C20H20N4O8. The summed E-state index contributed by atoms with van der Waals surface area (Å²) < 4.78 is 15.6. The number of hydrogen-bond donors (Lipinski definition) is 3. The number of para-hydroxylation sites is 2. The van der Waals surface area contributed by atoms with E-state index in [9.17, 15) is 24.5 Å². The normalized spacial score (nSPS) is 11.8. The van der Waals surface area contributed by atoms with E-state index in [0.717, 1.165) is 0 Å². The van der Waals surface area contributed by atoms with Crippen LogP contribution in [-0.4, -0.2) is 49.2 Å². The zero-order chi connectivity index (χ0) is 22.9. The quantitative estimate of drug-likeness (QED) is 0.315.